The molecule has 1 heterocycles. The summed E-state index contributed by atoms with van der Waals surface area (Å²) in [7, 11) is 1.79. The fourth-order valence-electron chi connectivity index (χ4n) is 2.30. The van der Waals surface area contributed by atoms with Crippen LogP contribution >= 0.6 is 39.9 Å². The Kier molecular flexibility index (Phi) is 7.97. The van der Waals surface area contributed by atoms with E-state index in [1.54, 1.807) is 7.05 Å². The van der Waals surface area contributed by atoms with Crippen molar-refractivity contribution in [1.29, 1.82) is 0 Å². The lowest BCUT2D eigenvalue weighted by Gasteiger charge is -2.24. The molecule has 1 saturated heterocycles. The lowest BCUT2D eigenvalue weighted by Crippen LogP contribution is -2.45. The van der Waals surface area contributed by atoms with Gasteiger partial charge < -0.3 is 15.4 Å². The number of ether oxygens (including phenoxy) is 1. The van der Waals surface area contributed by atoms with Crippen LogP contribution in [-0.4, -0.2) is 31.8 Å². The predicted molar refractivity (Wildman–Crippen MR) is 101 cm³/mol. The average Bonchev–Trinajstić information content (AvgIpc) is 2.86. The first-order valence-electron chi connectivity index (χ1n) is 6.94. The van der Waals surface area contributed by atoms with Crippen molar-refractivity contribution in [2.75, 3.05) is 20.2 Å². The highest BCUT2D eigenvalue weighted by Crippen LogP contribution is 2.23. The Morgan fingerprint density at radius 3 is 2.86 bits per heavy atom. The average molecular weight is 468 g/mol. The first kappa shape index (κ1) is 18.7. The zero-order valence-electron chi connectivity index (χ0n) is 12.5. The molecular formula is C15H23BrIN3O. The van der Waals surface area contributed by atoms with Gasteiger partial charge >= 0.3 is 0 Å². The normalized spacial score (nSPS) is 21.8. The number of rotatable bonds is 4. The summed E-state index contributed by atoms with van der Waals surface area (Å²) < 4.78 is 6.85. The van der Waals surface area contributed by atoms with E-state index in [1.807, 2.05) is 12.1 Å². The van der Waals surface area contributed by atoms with Crippen molar-refractivity contribution >= 4 is 45.9 Å². The van der Waals surface area contributed by atoms with Crippen LogP contribution in [0.3, 0.4) is 0 Å². The molecule has 2 rings (SSSR count). The van der Waals surface area contributed by atoms with Crippen LogP contribution in [0.5, 0.6) is 0 Å². The molecule has 118 valence electrons. The molecule has 2 N–H and O–H groups in total. The van der Waals surface area contributed by atoms with Crippen LogP contribution in [0.15, 0.2) is 33.7 Å². The molecule has 1 aromatic rings. The summed E-state index contributed by atoms with van der Waals surface area (Å²) in [6.45, 7) is 4.54. The van der Waals surface area contributed by atoms with Crippen molar-refractivity contribution in [3.63, 3.8) is 0 Å². The molecule has 4 nitrogen and oxygen atoms in total. The van der Waals surface area contributed by atoms with Crippen LogP contribution in [0.2, 0.25) is 0 Å². The molecule has 0 aromatic heterocycles. The van der Waals surface area contributed by atoms with Gasteiger partial charge in [-0.25, -0.2) is 0 Å². The summed E-state index contributed by atoms with van der Waals surface area (Å²) in [4.78, 5) is 4.24. The van der Waals surface area contributed by atoms with E-state index in [1.165, 1.54) is 5.56 Å². The second-order valence-electron chi connectivity index (χ2n) is 5.31. The Labute approximate surface area is 152 Å². The van der Waals surface area contributed by atoms with Crippen molar-refractivity contribution in [2.45, 2.75) is 31.9 Å². The summed E-state index contributed by atoms with van der Waals surface area (Å²) in [5.41, 5.74) is 1.15. The summed E-state index contributed by atoms with van der Waals surface area (Å²) in [5.74, 6) is 0.807. The van der Waals surface area contributed by atoms with Gasteiger partial charge in [-0.15, -0.1) is 24.0 Å². The predicted octanol–water partition coefficient (Wildman–Crippen LogP) is 3.30. The van der Waals surface area contributed by atoms with E-state index in [-0.39, 0.29) is 29.6 Å². The molecule has 0 amide bonds. The number of halogens is 2. The Bertz CT molecular complexity index is 476. The van der Waals surface area contributed by atoms with Crippen molar-refractivity contribution in [3.05, 3.63) is 34.3 Å². The quantitative estimate of drug-likeness (QED) is 0.405. The highest BCUT2D eigenvalue weighted by Gasteiger charge is 2.29. The van der Waals surface area contributed by atoms with Gasteiger partial charge in [-0.05, 0) is 37.5 Å². The number of nitrogens with one attached hydrogen (secondary N) is 2. The Morgan fingerprint density at radius 2 is 2.24 bits per heavy atom. The molecule has 0 spiro atoms. The highest BCUT2D eigenvalue weighted by molar-refractivity contribution is 14.0. The molecule has 1 aliphatic heterocycles. The van der Waals surface area contributed by atoms with Crippen LogP contribution in [0.4, 0.5) is 0 Å². The molecule has 1 fully saturated rings. The fourth-order valence-corrected chi connectivity index (χ4v) is 2.75. The summed E-state index contributed by atoms with van der Waals surface area (Å²) in [6.07, 6.45) is 2.24. The van der Waals surface area contributed by atoms with Gasteiger partial charge in [0.15, 0.2) is 5.96 Å². The molecule has 1 aromatic carbocycles. The van der Waals surface area contributed by atoms with Crippen molar-refractivity contribution in [2.24, 2.45) is 4.99 Å². The molecule has 0 radical (unpaired) electrons. The van der Waals surface area contributed by atoms with Gasteiger partial charge in [0.25, 0.3) is 0 Å². The molecule has 1 aliphatic rings. The first-order chi connectivity index (χ1) is 9.61. The topological polar surface area (TPSA) is 45.7 Å². The minimum Gasteiger partial charge on any atom is -0.373 e. The largest absolute Gasteiger partial charge is 0.373 e. The van der Waals surface area contributed by atoms with Gasteiger partial charge in [0.2, 0.25) is 0 Å². The molecule has 0 bridgehead atoms. The van der Waals surface area contributed by atoms with E-state index in [2.05, 4.69) is 50.6 Å². The molecule has 21 heavy (non-hydrogen) atoms. The SMILES string of the molecule is CN=C(NCc1cccc(Br)c1)NCC1(C)CCCO1.I. The Balaban J connectivity index is 0.00000220. The second kappa shape index (κ2) is 8.95. The minimum absolute atomic E-state index is 0. The van der Waals surface area contributed by atoms with Crippen LogP contribution in [0.1, 0.15) is 25.3 Å². The van der Waals surface area contributed by atoms with E-state index < -0.39 is 0 Å². The summed E-state index contributed by atoms with van der Waals surface area (Å²) >= 11 is 3.48. The lowest BCUT2D eigenvalue weighted by molar-refractivity contribution is 0.0243. The van der Waals surface area contributed by atoms with E-state index >= 15 is 0 Å². The van der Waals surface area contributed by atoms with Gasteiger partial charge in [-0.2, -0.15) is 0 Å². The van der Waals surface area contributed by atoms with Crippen molar-refractivity contribution in [3.8, 4) is 0 Å². The van der Waals surface area contributed by atoms with E-state index in [0.29, 0.717) is 0 Å². The number of guanidine groups is 1. The molecule has 0 aliphatic carbocycles. The number of benzene rings is 1. The van der Waals surface area contributed by atoms with Gasteiger partial charge in [-0.3, -0.25) is 4.99 Å². The van der Waals surface area contributed by atoms with Crippen LogP contribution < -0.4 is 10.6 Å². The van der Waals surface area contributed by atoms with Crippen molar-refractivity contribution < 1.29 is 4.74 Å². The maximum atomic E-state index is 5.76. The maximum absolute atomic E-state index is 5.76. The third-order valence-electron chi connectivity index (χ3n) is 3.50. The fraction of sp³-hybridized carbons (Fsp3) is 0.533. The summed E-state index contributed by atoms with van der Waals surface area (Å²) in [5, 5.41) is 6.66. The monoisotopic (exact) mass is 467 g/mol. The zero-order valence-corrected chi connectivity index (χ0v) is 16.4. The molecule has 1 unspecified atom stereocenters. The molecule has 1 atom stereocenters. The minimum atomic E-state index is -0.0621. The number of hydrogen-bond donors (Lipinski definition) is 2. The van der Waals surface area contributed by atoms with Crippen LogP contribution in [-0.2, 0) is 11.3 Å². The first-order valence-corrected chi connectivity index (χ1v) is 7.73. The number of nitrogens with zero attached hydrogens (tertiary/aromatic N) is 1. The van der Waals surface area contributed by atoms with Crippen molar-refractivity contribution in [1.82, 2.24) is 10.6 Å². The number of aliphatic imine (C=N–C) groups is 1. The van der Waals surface area contributed by atoms with Gasteiger partial charge in [0.05, 0.1) is 5.60 Å². The highest BCUT2D eigenvalue weighted by atomic mass is 127. The van der Waals surface area contributed by atoms with Crippen LogP contribution in [0.25, 0.3) is 0 Å². The lowest BCUT2D eigenvalue weighted by atomic mass is 10.0. The third kappa shape index (κ3) is 6.12. The standard InChI is InChI=1S/C15H22BrN3O.HI/c1-15(7-4-8-20-15)11-19-14(17-2)18-10-12-5-3-6-13(16)9-12;/h3,5-6,9H,4,7-8,10-11H2,1-2H3,(H2,17,18,19);1H. The second-order valence-corrected chi connectivity index (χ2v) is 6.23. The van der Waals surface area contributed by atoms with Gasteiger partial charge in [0.1, 0.15) is 0 Å². The summed E-state index contributed by atoms with van der Waals surface area (Å²) in [6, 6.07) is 8.24. The molecular weight excluding hydrogens is 445 g/mol. The molecule has 0 saturated carbocycles. The Hall–Kier alpha value is -0.340. The smallest absolute Gasteiger partial charge is 0.191 e. The van der Waals surface area contributed by atoms with E-state index in [4.69, 9.17) is 4.74 Å². The maximum Gasteiger partial charge on any atom is 0.191 e. The van der Waals surface area contributed by atoms with Crippen LogP contribution in [0, 0.1) is 0 Å². The van der Waals surface area contributed by atoms with E-state index in [9.17, 15) is 0 Å². The van der Waals surface area contributed by atoms with Gasteiger partial charge in [-0.1, -0.05) is 28.1 Å². The van der Waals surface area contributed by atoms with E-state index in [0.717, 1.165) is 43.0 Å². The zero-order chi connectivity index (χ0) is 14.4. The molecule has 6 heteroatoms. The third-order valence-corrected chi connectivity index (χ3v) is 4.00. The Morgan fingerprint density at radius 1 is 1.43 bits per heavy atom. The van der Waals surface area contributed by atoms with Gasteiger partial charge in [0, 0.05) is 31.2 Å². The number of hydrogen-bond acceptors (Lipinski definition) is 2.